The van der Waals surface area contributed by atoms with Crippen molar-refractivity contribution in [1.29, 1.82) is 0 Å². The summed E-state index contributed by atoms with van der Waals surface area (Å²) in [5.74, 6) is 0.115. The van der Waals surface area contributed by atoms with Crippen LogP contribution in [0.3, 0.4) is 0 Å². The Kier molecular flexibility index (Phi) is 6.81. The van der Waals surface area contributed by atoms with Gasteiger partial charge in [0.15, 0.2) is 0 Å². The van der Waals surface area contributed by atoms with Crippen molar-refractivity contribution in [3.8, 4) is 5.75 Å². The predicted molar refractivity (Wildman–Crippen MR) is 98.3 cm³/mol. The number of benzene rings is 2. The number of ether oxygens (including phenoxy) is 1. The molecule has 0 aliphatic rings. The molecule has 2 aromatic rings. The van der Waals surface area contributed by atoms with Crippen molar-refractivity contribution in [2.75, 3.05) is 19.0 Å². The van der Waals surface area contributed by atoms with Crippen LogP contribution in [0.25, 0.3) is 6.08 Å². The lowest BCUT2D eigenvalue weighted by Crippen LogP contribution is -2.33. The molecule has 2 rings (SSSR count). The van der Waals surface area contributed by atoms with E-state index in [0.717, 1.165) is 12.1 Å². The Morgan fingerprint density at radius 3 is 2.36 bits per heavy atom. The zero-order valence-corrected chi connectivity index (χ0v) is 15.5. The summed E-state index contributed by atoms with van der Waals surface area (Å²) in [6.45, 7) is -1.67. The van der Waals surface area contributed by atoms with Gasteiger partial charge in [-0.05, 0) is 36.4 Å². The maximum absolute atomic E-state index is 12.2. The summed E-state index contributed by atoms with van der Waals surface area (Å²) in [6, 6.07) is 11.8. The molecule has 0 aliphatic carbocycles. The Hall–Kier alpha value is -2.85. The van der Waals surface area contributed by atoms with Gasteiger partial charge in [-0.1, -0.05) is 18.2 Å². The van der Waals surface area contributed by atoms with Crippen molar-refractivity contribution < 1.29 is 31.1 Å². The van der Waals surface area contributed by atoms with Gasteiger partial charge in [0, 0.05) is 17.3 Å². The second-order valence-electron chi connectivity index (χ2n) is 5.53. The molecule has 0 fully saturated rings. The molecule has 10 heteroatoms. The van der Waals surface area contributed by atoms with Crippen LogP contribution >= 0.6 is 0 Å². The van der Waals surface area contributed by atoms with E-state index in [1.807, 2.05) is 0 Å². The number of carbonyl (C=O) groups excluding carboxylic acids is 1. The van der Waals surface area contributed by atoms with Gasteiger partial charge >= 0.3 is 6.18 Å². The zero-order valence-electron chi connectivity index (χ0n) is 14.7. The molecule has 6 nitrogen and oxygen atoms in total. The summed E-state index contributed by atoms with van der Waals surface area (Å²) in [5.41, 5.74) is 0.974. The van der Waals surface area contributed by atoms with Crippen LogP contribution in [0, 0.1) is 0 Å². The first-order valence-corrected chi connectivity index (χ1v) is 9.37. The SMILES string of the molecule is COc1ccccc1/C=C/C(=O)Nc1ccc(S(=O)(=O)NCC(F)(F)F)cc1. The number of nitrogens with one attached hydrogen (secondary N) is 2. The largest absolute Gasteiger partial charge is 0.496 e. The van der Waals surface area contributed by atoms with Gasteiger partial charge in [-0.3, -0.25) is 4.79 Å². The lowest BCUT2D eigenvalue weighted by molar-refractivity contribution is -0.121. The van der Waals surface area contributed by atoms with Gasteiger partial charge in [0.05, 0.1) is 12.0 Å². The van der Waals surface area contributed by atoms with E-state index < -0.39 is 28.7 Å². The van der Waals surface area contributed by atoms with Crippen molar-refractivity contribution in [3.05, 3.63) is 60.2 Å². The highest BCUT2D eigenvalue weighted by atomic mass is 32.2. The summed E-state index contributed by atoms with van der Waals surface area (Å²) in [4.78, 5) is 11.6. The number of sulfonamides is 1. The summed E-state index contributed by atoms with van der Waals surface area (Å²) < 4.78 is 66.7. The molecule has 1 amide bonds. The average Bonchev–Trinajstić information content (AvgIpc) is 2.65. The highest BCUT2D eigenvalue weighted by molar-refractivity contribution is 7.89. The number of halogens is 3. The van der Waals surface area contributed by atoms with E-state index in [4.69, 9.17) is 4.74 Å². The fourth-order valence-corrected chi connectivity index (χ4v) is 3.15. The molecule has 0 radical (unpaired) electrons. The molecule has 0 bridgehead atoms. The van der Waals surface area contributed by atoms with E-state index in [0.29, 0.717) is 11.3 Å². The zero-order chi connectivity index (χ0) is 20.8. The van der Waals surface area contributed by atoms with Gasteiger partial charge in [0.25, 0.3) is 0 Å². The lowest BCUT2D eigenvalue weighted by Gasteiger charge is -2.10. The van der Waals surface area contributed by atoms with E-state index in [-0.39, 0.29) is 10.6 Å². The van der Waals surface area contributed by atoms with Crippen LogP contribution in [0.1, 0.15) is 5.56 Å². The van der Waals surface area contributed by atoms with Crippen LogP contribution in [0.2, 0.25) is 0 Å². The predicted octanol–water partition coefficient (Wildman–Crippen LogP) is 3.19. The Bertz CT molecular complexity index is 956. The number of carbonyl (C=O) groups is 1. The molecule has 0 saturated heterocycles. The Morgan fingerprint density at radius 1 is 1.11 bits per heavy atom. The third-order valence-electron chi connectivity index (χ3n) is 3.45. The van der Waals surface area contributed by atoms with E-state index in [1.165, 1.54) is 30.0 Å². The Morgan fingerprint density at radius 2 is 1.75 bits per heavy atom. The third-order valence-corrected chi connectivity index (χ3v) is 4.87. The van der Waals surface area contributed by atoms with Gasteiger partial charge in [0.1, 0.15) is 12.3 Å². The first-order valence-electron chi connectivity index (χ1n) is 7.89. The van der Waals surface area contributed by atoms with E-state index in [1.54, 1.807) is 30.3 Å². The van der Waals surface area contributed by atoms with Crippen LogP contribution in [0.5, 0.6) is 5.75 Å². The molecule has 0 spiro atoms. The molecule has 0 aromatic heterocycles. The number of alkyl halides is 3. The lowest BCUT2D eigenvalue weighted by atomic mass is 10.2. The molecular weight excluding hydrogens is 397 g/mol. The second-order valence-corrected chi connectivity index (χ2v) is 7.30. The van der Waals surface area contributed by atoms with Crippen molar-refractivity contribution in [2.24, 2.45) is 0 Å². The van der Waals surface area contributed by atoms with Crippen molar-refractivity contribution in [3.63, 3.8) is 0 Å². The molecule has 0 atom stereocenters. The van der Waals surface area contributed by atoms with Crippen molar-refractivity contribution in [1.82, 2.24) is 4.72 Å². The monoisotopic (exact) mass is 414 g/mol. The fourth-order valence-electron chi connectivity index (χ4n) is 2.13. The van der Waals surface area contributed by atoms with Crippen LogP contribution in [0.4, 0.5) is 18.9 Å². The number of para-hydroxylation sites is 1. The number of rotatable bonds is 7. The van der Waals surface area contributed by atoms with Crippen molar-refractivity contribution in [2.45, 2.75) is 11.1 Å². The van der Waals surface area contributed by atoms with Gasteiger partial charge in [-0.2, -0.15) is 13.2 Å². The standard InChI is InChI=1S/C18H17F3N2O4S/c1-27-16-5-3-2-4-13(16)6-11-17(24)23-14-7-9-15(10-8-14)28(25,26)22-12-18(19,20)21/h2-11,22H,12H2,1H3,(H,23,24)/b11-6+. The fraction of sp³-hybridized carbons (Fsp3) is 0.167. The van der Waals surface area contributed by atoms with Gasteiger partial charge < -0.3 is 10.1 Å². The van der Waals surface area contributed by atoms with Crippen LogP contribution < -0.4 is 14.8 Å². The minimum atomic E-state index is -4.66. The highest BCUT2D eigenvalue weighted by Gasteiger charge is 2.30. The van der Waals surface area contributed by atoms with Crippen LogP contribution in [-0.4, -0.2) is 34.2 Å². The van der Waals surface area contributed by atoms with Crippen molar-refractivity contribution >= 4 is 27.7 Å². The maximum Gasteiger partial charge on any atom is 0.402 e. The quantitative estimate of drug-likeness (QED) is 0.682. The smallest absolute Gasteiger partial charge is 0.402 e. The number of anilines is 1. The number of hydrogen-bond acceptors (Lipinski definition) is 4. The number of amides is 1. The Balaban J connectivity index is 2.02. The minimum absolute atomic E-state index is 0.282. The summed E-state index contributed by atoms with van der Waals surface area (Å²) in [5, 5.41) is 2.52. The minimum Gasteiger partial charge on any atom is -0.496 e. The van der Waals surface area contributed by atoms with Gasteiger partial charge in [-0.25, -0.2) is 13.1 Å². The molecule has 0 saturated carbocycles. The average molecular weight is 414 g/mol. The number of methoxy groups -OCH3 is 1. The summed E-state index contributed by atoms with van der Waals surface area (Å²) >= 11 is 0. The first-order chi connectivity index (χ1) is 13.1. The maximum atomic E-state index is 12.2. The van der Waals surface area contributed by atoms with E-state index in [2.05, 4.69) is 5.32 Å². The first kappa shape index (κ1) is 21.5. The second kappa shape index (κ2) is 8.89. The number of hydrogen-bond donors (Lipinski definition) is 2. The highest BCUT2D eigenvalue weighted by Crippen LogP contribution is 2.19. The van der Waals surface area contributed by atoms with Gasteiger partial charge in [-0.15, -0.1) is 0 Å². The topological polar surface area (TPSA) is 84.5 Å². The Labute approximate surface area is 160 Å². The third kappa shape index (κ3) is 6.39. The molecule has 150 valence electrons. The molecular formula is C18H17F3N2O4S. The summed E-state index contributed by atoms with van der Waals surface area (Å²) in [6.07, 6.45) is -1.84. The summed E-state index contributed by atoms with van der Waals surface area (Å²) in [7, 11) is -2.80. The molecule has 2 N–H and O–H groups in total. The normalized spacial score (nSPS) is 12.1. The van der Waals surface area contributed by atoms with E-state index >= 15 is 0 Å². The molecule has 0 heterocycles. The van der Waals surface area contributed by atoms with Gasteiger partial charge in [0.2, 0.25) is 15.9 Å². The van der Waals surface area contributed by atoms with Crippen LogP contribution in [0.15, 0.2) is 59.5 Å². The van der Waals surface area contributed by atoms with Crippen LogP contribution in [-0.2, 0) is 14.8 Å². The van der Waals surface area contributed by atoms with E-state index in [9.17, 15) is 26.4 Å². The molecule has 0 unspecified atom stereocenters. The molecule has 0 aliphatic heterocycles. The molecule has 2 aromatic carbocycles. The molecule has 28 heavy (non-hydrogen) atoms.